The van der Waals surface area contributed by atoms with Crippen molar-refractivity contribution < 1.29 is 49.2 Å². The summed E-state index contributed by atoms with van der Waals surface area (Å²) in [4.78, 5) is 26.8. The molecular formula is C6H13Na3O10P. The van der Waals surface area contributed by atoms with E-state index < -0.39 is 44.8 Å². The summed E-state index contributed by atoms with van der Waals surface area (Å²) in [6, 6.07) is 0. The van der Waals surface area contributed by atoms with Gasteiger partial charge in [0.15, 0.2) is 6.10 Å². The van der Waals surface area contributed by atoms with Crippen molar-refractivity contribution in [1.82, 2.24) is 0 Å². The number of carbonyl (C=O) groups is 1. The molecule has 0 unspecified atom stereocenters. The summed E-state index contributed by atoms with van der Waals surface area (Å²) in [6.45, 7) is -1.05. The molecule has 7 N–H and O–H groups in total. The Morgan fingerprint density at radius 2 is 1.40 bits per heavy atom. The van der Waals surface area contributed by atoms with Crippen LogP contribution in [0.25, 0.3) is 0 Å². The third-order valence-corrected chi connectivity index (χ3v) is 2.22. The fraction of sp³-hybridized carbons (Fsp3) is 0.833. The van der Waals surface area contributed by atoms with Gasteiger partial charge in [0.25, 0.3) is 0 Å². The number of aliphatic hydroxyl groups is 4. The Hall–Kier alpha value is 2.42. The summed E-state index contributed by atoms with van der Waals surface area (Å²) in [5.41, 5.74) is 0. The molecule has 0 aromatic rings. The second kappa shape index (κ2) is 13.8. The van der Waals surface area contributed by atoms with E-state index >= 15 is 0 Å². The monoisotopic (exact) mass is 345 g/mol. The molecule has 0 saturated heterocycles. The summed E-state index contributed by atoms with van der Waals surface area (Å²) in [5.74, 6) is -1.83. The molecule has 0 aliphatic carbocycles. The molecule has 3 radical (unpaired) electrons. The first-order chi connectivity index (χ1) is 7.56. The molecule has 0 aromatic carbocycles. The van der Waals surface area contributed by atoms with Crippen LogP contribution in [-0.2, 0) is 13.9 Å². The van der Waals surface area contributed by atoms with Gasteiger partial charge in [-0.3, -0.25) is 4.52 Å². The van der Waals surface area contributed by atoms with E-state index in [1.165, 1.54) is 0 Å². The van der Waals surface area contributed by atoms with Gasteiger partial charge in [-0.25, -0.2) is 9.36 Å². The standard InChI is InChI=1S/C6H13O10P.3Na/c7-2(1-16-17(13,14)15)3(8)4(9)5(10)6(11)12;;;/h2-5,7-10H,1H2,(H,11,12)(H2,13,14,15);;;/t2-,3-,4+,5-;;;/m1.../s1. The molecule has 20 heavy (non-hydrogen) atoms. The first kappa shape index (κ1) is 30.3. The number of hydrogen-bond donors (Lipinski definition) is 7. The minimum Gasteiger partial charge on any atom is -0.479 e. The zero-order chi connectivity index (χ0) is 13.8. The van der Waals surface area contributed by atoms with Gasteiger partial charge in [-0.1, -0.05) is 0 Å². The zero-order valence-corrected chi connectivity index (χ0v) is 18.2. The summed E-state index contributed by atoms with van der Waals surface area (Å²) in [5, 5.41) is 44.4. The Balaban J connectivity index is -0.000000427. The van der Waals surface area contributed by atoms with E-state index in [1.807, 2.05) is 0 Å². The van der Waals surface area contributed by atoms with Crippen LogP contribution in [0.4, 0.5) is 0 Å². The zero-order valence-electron chi connectivity index (χ0n) is 11.3. The molecule has 0 aromatic heterocycles. The molecule has 0 amide bonds. The van der Waals surface area contributed by atoms with Crippen molar-refractivity contribution in [1.29, 1.82) is 0 Å². The van der Waals surface area contributed by atoms with Gasteiger partial charge < -0.3 is 35.3 Å². The Morgan fingerprint density at radius 1 is 1.00 bits per heavy atom. The summed E-state index contributed by atoms with van der Waals surface area (Å²) in [6.07, 6.45) is -8.71. The van der Waals surface area contributed by atoms with E-state index in [0.717, 1.165) is 0 Å². The van der Waals surface area contributed by atoms with Gasteiger partial charge in [-0.05, 0) is 0 Å². The van der Waals surface area contributed by atoms with Crippen LogP contribution < -0.4 is 0 Å². The molecular weight excluding hydrogens is 332 g/mol. The fourth-order valence-corrected chi connectivity index (χ4v) is 1.18. The SMILES string of the molecule is O=C(O)[C@H](O)[C@@H](O)[C@H](O)[C@H](O)COP(=O)(O)O.[Na].[Na].[Na]. The van der Waals surface area contributed by atoms with Crippen molar-refractivity contribution in [2.75, 3.05) is 6.61 Å². The third kappa shape index (κ3) is 12.9. The number of hydrogen-bond acceptors (Lipinski definition) is 7. The van der Waals surface area contributed by atoms with Crippen molar-refractivity contribution in [3.8, 4) is 0 Å². The Kier molecular flexibility index (Phi) is 21.0. The molecule has 0 aliphatic rings. The number of rotatable bonds is 7. The fourth-order valence-electron chi connectivity index (χ4n) is 0.833. The van der Waals surface area contributed by atoms with E-state index in [2.05, 4.69) is 4.52 Å². The van der Waals surface area contributed by atoms with Gasteiger partial charge in [0.05, 0.1) is 6.61 Å². The molecule has 0 aliphatic heterocycles. The van der Waals surface area contributed by atoms with Crippen molar-refractivity contribution >= 4 is 102 Å². The predicted molar refractivity (Wildman–Crippen MR) is 66.9 cm³/mol. The number of carboxylic acids is 1. The average molecular weight is 345 g/mol. The largest absolute Gasteiger partial charge is 0.479 e. The van der Waals surface area contributed by atoms with Gasteiger partial charge in [-0.2, -0.15) is 0 Å². The minimum absolute atomic E-state index is 0. The number of carboxylic acid groups (broad SMARTS) is 1. The molecule has 0 heterocycles. The molecule has 105 valence electrons. The number of phosphoric ester groups is 1. The van der Waals surface area contributed by atoms with Crippen molar-refractivity contribution in [2.45, 2.75) is 24.4 Å². The van der Waals surface area contributed by atoms with E-state index in [-0.39, 0.29) is 88.7 Å². The predicted octanol–water partition coefficient (Wildman–Crippen LogP) is -4.52. The quantitative estimate of drug-likeness (QED) is 0.175. The Labute approximate surface area is 180 Å². The number of aliphatic carboxylic acids is 1. The maximum absolute atomic E-state index is 10.2. The van der Waals surface area contributed by atoms with Gasteiger partial charge in [0, 0.05) is 88.7 Å². The second-order valence-corrected chi connectivity index (χ2v) is 4.36. The molecule has 4 atom stereocenters. The summed E-state index contributed by atoms with van der Waals surface area (Å²) in [7, 11) is -4.86. The van der Waals surface area contributed by atoms with Crippen molar-refractivity contribution in [2.24, 2.45) is 0 Å². The van der Waals surface area contributed by atoms with Crippen LogP contribution in [0, 0.1) is 0 Å². The molecule has 0 rings (SSSR count). The first-order valence-corrected chi connectivity index (χ1v) is 5.74. The van der Waals surface area contributed by atoms with Gasteiger partial charge >= 0.3 is 13.8 Å². The smallest absolute Gasteiger partial charge is 0.469 e. The van der Waals surface area contributed by atoms with Crippen LogP contribution in [0.2, 0.25) is 0 Å². The molecule has 0 bridgehead atoms. The maximum Gasteiger partial charge on any atom is 0.469 e. The van der Waals surface area contributed by atoms with Crippen LogP contribution in [0.15, 0.2) is 0 Å². The number of aliphatic hydroxyl groups excluding tert-OH is 4. The normalized spacial score (nSPS) is 16.5. The van der Waals surface area contributed by atoms with Gasteiger partial charge in [0.1, 0.15) is 18.3 Å². The van der Waals surface area contributed by atoms with Crippen molar-refractivity contribution in [3.63, 3.8) is 0 Å². The second-order valence-electron chi connectivity index (χ2n) is 3.12. The van der Waals surface area contributed by atoms with E-state index in [9.17, 15) is 9.36 Å². The number of phosphoric acid groups is 1. The van der Waals surface area contributed by atoms with Gasteiger partial charge in [0.2, 0.25) is 0 Å². The van der Waals surface area contributed by atoms with Crippen LogP contribution in [0.3, 0.4) is 0 Å². The van der Waals surface area contributed by atoms with Crippen LogP contribution in [0.1, 0.15) is 0 Å². The van der Waals surface area contributed by atoms with Crippen LogP contribution in [-0.4, -0.2) is 161 Å². The van der Waals surface area contributed by atoms with E-state index in [0.29, 0.717) is 0 Å². The van der Waals surface area contributed by atoms with Gasteiger partial charge in [-0.15, -0.1) is 0 Å². The molecule has 14 heteroatoms. The first-order valence-electron chi connectivity index (χ1n) is 4.21. The minimum atomic E-state index is -4.86. The summed E-state index contributed by atoms with van der Waals surface area (Å²) < 4.78 is 14.1. The van der Waals surface area contributed by atoms with E-state index in [1.54, 1.807) is 0 Å². The van der Waals surface area contributed by atoms with Crippen molar-refractivity contribution in [3.05, 3.63) is 0 Å². The van der Waals surface area contributed by atoms with E-state index in [4.69, 9.17) is 35.3 Å². The Morgan fingerprint density at radius 3 is 1.70 bits per heavy atom. The molecule has 0 saturated carbocycles. The molecule has 10 nitrogen and oxygen atoms in total. The third-order valence-electron chi connectivity index (χ3n) is 1.73. The summed E-state index contributed by atoms with van der Waals surface area (Å²) >= 11 is 0. The Bertz CT molecular complexity index is 311. The average Bonchev–Trinajstić information content (AvgIpc) is 2.21. The topological polar surface area (TPSA) is 185 Å². The van der Waals surface area contributed by atoms with Crippen LogP contribution >= 0.6 is 7.82 Å². The molecule has 0 spiro atoms. The molecule has 0 fully saturated rings. The maximum atomic E-state index is 10.2. The van der Waals surface area contributed by atoms with Crippen LogP contribution in [0.5, 0.6) is 0 Å².